The van der Waals surface area contributed by atoms with E-state index in [1.165, 1.54) is 25.3 Å². The molecule has 0 saturated heterocycles. The third-order valence-electron chi connectivity index (χ3n) is 2.79. The Morgan fingerprint density at radius 3 is 2.85 bits per heavy atom. The topological polar surface area (TPSA) is 71.7 Å². The standard InChI is InChI=1S/C14H14FNO4/c1-8-11(14(18)19-2)6-10(20-8)7-16-9-3-4-13(17)12(15)5-9/h3-6,16-17H,7H2,1-2H3. The van der Waals surface area contributed by atoms with Crippen molar-refractivity contribution in [1.29, 1.82) is 0 Å². The highest BCUT2D eigenvalue weighted by molar-refractivity contribution is 5.90. The number of halogens is 1. The summed E-state index contributed by atoms with van der Waals surface area (Å²) in [5.41, 5.74) is 0.857. The molecule has 20 heavy (non-hydrogen) atoms. The number of aromatic hydroxyl groups is 1. The Kier molecular flexibility index (Phi) is 3.93. The van der Waals surface area contributed by atoms with E-state index in [-0.39, 0.29) is 6.54 Å². The first-order valence-corrected chi connectivity index (χ1v) is 5.91. The van der Waals surface area contributed by atoms with Crippen LogP contribution in [0.2, 0.25) is 0 Å². The van der Waals surface area contributed by atoms with Gasteiger partial charge < -0.3 is 19.6 Å². The maximum Gasteiger partial charge on any atom is 0.341 e. The maximum absolute atomic E-state index is 13.2. The van der Waals surface area contributed by atoms with Gasteiger partial charge in [-0.2, -0.15) is 0 Å². The van der Waals surface area contributed by atoms with Crippen LogP contribution < -0.4 is 5.32 Å². The highest BCUT2D eigenvalue weighted by Crippen LogP contribution is 2.21. The molecule has 0 spiro atoms. The zero-order chi connectivity index (χ0) is 14.7. The number of phenolic OH excluding ortho intramolecular Hbond substituents is 1. The van der Waals surface area contributed by atoms with Crippen LogP contribution in [0.4, 0.5) is 10.1 Å². The van der Waals surface area contributed by atoms with Crippen LogP contribution in [0.1, 0.15) is 21.9 Å². The predicted molar refractivity (Wildman–Crippen MR) is 70.2 cm³/mol. The number of hydrogen-bond donors (Lipinski definition) is 2. The summed E-state index contributed by atoms with van der Waals surface area (Å²) in [7, 11) is 1.30. The summed E-state index contributed by atoms with van der Waals surface area (Å²) in [6.07, 6.45) is 0. The molecule has 1 aromatic carbocycles. The van der Waals surface area contributed by atoms with Crippen molar-refractivity contribution >= 4 is 11.7 Å². The van der Waals surface area contributed by atoms with Crippen molar-refractivity contribution in [2.24, 2.45) is 0 Å². The highest BCUT2D eigenvalue weighted by Gasteiger charge is 2.15. The Bertz CT molecular complexity index is 636. The summed E-state index contributed by atoms with van der Waals surface area (Å²) in [5.74, 6) is -0.589. The van der Waals surface area contributed by atoms with Crippen LogP contribution >= 0.6 is 0 Å². The summed E-state index contributed by atoms with van der Waals surface area (Å²) >= 11 is 0. The first-order valence-electron chi connectivity index (χ1n) is 5.91. The molecule has 0 amide bonds. The van der Waals surface area contributed by atoms with E-state index in [2.05, 4.69) is 10.1 Å². The minimum Gasteiger partial charge on any atom is -0.505 e. The van der Waals surface area contributed by atoms with Gasteiger partial charge in [0.1, 0.15) is 17.1 Å². The summed E-state index contributed by atoms with van der Waals surface area (Å²) in [6.45, 7) is 1.94. The molecule has 5 nitrogen and oxygen atoms in total. The van der Waals surface area contributed by atoms with E-state index in [4.69, 9.17) is 9.52 Å². The number of rotatable bonds is 4. The molecule has 1 aromatic heterocycles. The number of anilines is 1. The fraction of sp³-hybridized carbons (Fsp3) is 0.214. The molecule has 1 heterocycles. The van der Waals surface area contributed by atoms with Crippen LogP contribution in [0.3, 0.4) is 0 Å². The number of aryl methyl sites for hydroxylation is 1. The lowest BCUT2D eigenvalue weighted by molar-refractivity contribution is 0.0599. The van der Waals surface area contributed by atoms with Gasteiger partial charge in [0.25, 0.3) is 0 Å². The van der Waals surface area contributed by atoms with E-state index < -0.39 is 17.5 Å². The predicted octanol–water partition coefficient (Wildman–Crippen LogP) is 2.83. The zero-order valence-electron chi connectivity index (χ0n) is 11.1. The molecule has 0 radical (unpaired) electrons. The first-order chi connectivity index (χ1) is 9.51. The second kappa shape index (κ2) is 5.64. The van der Waals surface area contributed by atoms with Gasteiger partial charge in [0, 0.05) is 11.8 Å². The molecular weight excluding hydrogens is 265 g/mol. The van der Waals surface area contributed by atoms with E-state index in [0.717, 1.165) is 0 Å². The number of ether oxygens (including phenoxy) is 1. The SMILES string of the molecule is COC(=O)c1cc(CNc2ccc(O)c(F)c2)oc1C. The Hall–Kier alpha value is -2.50. The minimum absolute atomic E-state index is 0.280. The average molecular weight is 279 g/mol. The molecule has 0 bridgehead atoms. The van der Waals surface area contributed by atoms with Gasteiger partial charge in [-0.1, -0.05) is 0 Å². The molecule has 0 atom stereocenters. The average Bonchev–Trinajstić information content (AvgIpc) is 2.80. The molecule has 6 heteroatoms. The smallest absolute Gasteiger partial charge is 0.341 e. The minimum atomic E-state index is -0.708. The Morgan fingerprint density at radius 2 is 2.20 bits per heavy atom. The molecule has 0 unspecified atom stereocenters. The van der Waals surface area contributed by atoms with Crippen LogP contribution in [-0.2, 0) is 11.3 Å². The van der Waals surface area contributed by atoms with Crippen molar-refractivity contribution in [3.05, 3.63) is 47.2 Å². The van der Waals surface area contributed by atoms with Crippen LogP contribution in [0.25, 0.3) is 0 Å². The number of benzene rings is 1. The van der Waals surface area contributed by atoms with Gasteiger partial charge in [-0.05, 0) is 25.1 Å². The number of nitrogens with one attached hydrogen (secondary N) is 1. The molecule has 0 aliphatic carbocycles. The lowest BCUT2D eigenvalue weighted by Gasteiger charge is -2.04. The summed E-state index contributed by atoms with van der Waals surface area (Å²) < 4.78 is 23.2. The molecule has 0 aliphatic rings. The van der Waals surface area contributed by atoms with Crippen LogP contribution in [0.15, 0.2) is 28.7 Å². The summed E-state index contributed by atoms with van der Waals surface area (Å²) in [4.78, 5) is 11.4. The van der Waals surface area contributed by atoms with Crippen molar-refractivity contribution in [3.63, 3.8) is 0 Å². The lowest BCUT2D eigenvalue weighted by atomic mass is 10.2. The quantitative estimate of drug-likeness (QED) is 0.665. The largest absolute Gasteiger partial charge is 0.505 e. The Balaban J connectivity index is 2.07. The van der Waals surface area contributed by atoms with E-state index in [1.807, 2.05) is 0 Å². The van der Waals surface area contributed by atoms with E-state index >= 15 is 0 Å². The van der Waals surface area contributed by atoms with Crippen LogP contribution in [0.5, 0.6) is 5.75 Å². The molecule has 0 aliphatic heterocycles. The van der Waals surface area contributed by atoms with Crippen molar-refractivity contribution < 1.29 is 23.4 Å². The van der Waals surface area contributed by atoms with Gasteiger partial charge in [-0.25, -0.2) is 9.18 Å². The summed E-state index contributed by atoms with van der Waals surface area (Å²) in [5, 5.41) is 12.0. The maximum atomic E-state index is 13.2. The fourth-order valence-corrected chi connectivity index (χ4v) is 1.75. The monoisotopic (exact) mass is 279 g/mol. The van der Waals surface area contributed by atoms with Gasteiger partial charge in [0.05, 0.1) is 13.7 Å². The normalized spacial score (nSPS) is 10.3. The molecule has 2 N–H and O–H groups in total. The number of methoxy groups -OCH3 is 1. The van der Waals surface area contributed by atoms with Gasteiger partial charge in [0.15, 0.2) is 11.6 Å². The first kappa shape index (κ1) is 13.9. The molecule has 0 fully saturated rings. The molecule has 106 valence electrons. The number of carbonyl (C=O) groups is 1. The van der Waals surface area contributed by atoms with Gasteiger partial charge in [-0.3, -0.25) is 0 Å². The van der Waals surface area contributed by atoms with E-state index in [9.17, 15) is 9.18 Å². The van der Waals surface area contributed by atoms with Gasteiger partial charge in [0.2, 0.25) is 0 Å². The van der Waals surface area contributed by atoms with Crippen LogP contribution in [-0.4, -0.2) is 18.2 Å². The second-order valence-electron chi connectivity index (χ2n) is 4.19. The van der Waals surface area contributed by atoms with E-state index in [0.29, 0.717) is 22.8 Å². The zero-order valence-corrected chi connectivity index (χ0v) is 11.1. The molecule has 2 rings (SSSR count). The van der Waals surface area contributed by atoms with Crippen molar-refractivity contribution in [1.82, 2.24) is 0 Å². The van der Waals surface area contributed by atoms with E-state index in [1.54, 1.807) is 13.0 Å². The second-order valence-corrected chi connectivity index (χ2v) is 4.19. The summed E-state index contributed by atoms with van der Waals surface area (Å²) in [6, 6.07) is 5.54. The fourth-order valence-electron chi connectivity index (χ4n) is 1.75. The Morgan fingerprint density at radius 1 is 1.45 bits per heavy atom. The number of esters is 1. The third kappa shape index (κ3) is 2.90. The third-order valence-corrected chi connectivity index (χ3v) is 2.79. The van der Waals surface area contributed by atoms with Gasteiger partial charge >= 0.3 is 5.97 Å². The lowest BCUT2D eigenvalue weighted by Crippen LogP contribution is -2.01. The molecule has 2 aromatic rings. The number of carbonyl (C=O) groups excluding carboxylic acids is 1. The Labute approximate surface area is 115 Å². The number of hydrogen-bond acceptors (Lipinski definition) is 5. The van der Waals surface area contributed by atoms with Crippen molar-refractivity contribution in [3.8, 4) is 5.75 Å². The highest BCUT2D eigenvalue weighted by atomic mass is 19.1. The van der Waals surface area contributed by atoms with Crippen molar-refractivity contribution in [2.45, 2.75) is 13.5 Å². The molecule has 0 saturated carbocycles. The number of phenols is 1. The van der Waals surface area contributed by atoms with Crippen LogP contribution in [0, 0.1) is 12.7 Å². The van der Waals surface area contributed by atoms with Gasteiger partial charge in [-0.15, -0.1) is 0 Å². The van der Waals surface area contributed by atoms with Crippen molar-refractivity contribution in [2.75, 3.05) is 12.4 Å². The number of furan rings is 1. The molecular formula is C14H14FNO4.